The highest BCUT2D eigenvalue weighted by Crippen LogP contribution is 2.29. The molecular formula is C20H25NO3SSi. The molecule has 0 N–H and O–H groups in total. The van der Waals surface area contributed by atoms with Gasteiger partial charge in [-0.05, 0) is 38.1 Å². The van der Waals surface area contributed by atoms with Crippen LogP contribution in [-0.2, 0) is 14.8 Å². The van der Waals surface area contributed by atoms with Gasteiger partial charge in [0.05, 0.1) is 17.0 Å². The van der Waals surface area contributed by atoms with Crippen molar-refractivity contribution in [3.8, 4) is 11.5 Å². The van der Waals surface area contributed by atoms with E-state index in [0.717, 1.165) is 5.56 Å². The molecule has 0 spiro atoms. The van der Waals surface area contributed by atoms with Crippen molar-refractivity contribution in [1.29, 1.82) is 0 Å². The van der Waals surface area contributed by atoms with Crippen molar-refractivity contribution < 1.29 is 13.2 Å². The Kier molecular flexibility index (Phi) is 5.76. The van der Waals surface area contributed by atoms with Crippen LogP contribution in [-0.4, -0.2) is 38.7 Å². The molecule has 4 nitrogen and oxygen atoms in total. The number of aryl methyl sites for hydroxylation is 1. The van der Waals surface area contributed by atoms with Crippen LogP contribution in [0.5, 0.6) is 0 Å². The number of benzene rings is 1. The van der Waals surface area contributed by atoms with Gasteiger partial charge in [0.15, 0.2) is 5.78 Å². The molecule has 6 heteroatoms. The van der Waals surface area contributed by atoms with Crippen molar-refractivity contribution in [2.24, 2.45) is 0 Å². The predicted octanol–water partition coefficient (Wildman–Crippen LogP) is 3.32. The van der Waals surface area contributed by atoms with Crippen LogP contribution in [0.4, 0.5) is 0 Å². The summed E-state index contributed by atoms with van der Waals surface area (Å²) in [4.78, 5) is 11.7. The van der Waals surface area contributed by atoms with E-state index >= 15 is 0 Å². The molecule has 2 rings (SSSR count). The minimum Gasteiger partial charge on any atom is -0.290 e. The standard InChI is InChI=1S/C20H25NO3SSi/c1-17-7-9-19(10-8-17)25(23,24)21(15-6-16-26(3,4)5)20(2)13-11-18(22)12-14-20/h7-14H,15H2,1-5H3. The van der Waals surface area contributed by atoms with E-state index in [-0.39, 0.29) is 17.2 Å². The van der Waals surface area contributed by atoms with Crippen LogP contribution in [0.25, 0.3) is 0 Å². The zero-order valence-electron chi connectivity index (χ0n) is 15.9. The second-order valence-corrected chi connectivity index (χ2v) is 14.3. The summed E-state index contributed by atoms with van der Waals surface area (Å²) >= 11 is 0. The Bertz CT molecular complexity index is 895. The van der Waals surface area contributed by atoms with Crippen molar-refractivity contribution in [2.45, 2.75) is 43.9 Å². The minimum absolute atomic E-state index is 0.0693. The van der Waals surface area contributed by atoms with E-state index in [1.807, 2.05) is 6.92 Å². The van der Waals surface area contributed by atoms with Crippen molar-refractivity contribution in [3.05, 3.63) is 54.1 Å². The molecule has 0 radical (unpaired) electrons. The van der Waals surface area contributed by atoms with Crippen molar-refractivity contribution in [1.82, 2.24) is 4.31 Å². The van der Waals surface area contributed by atoms with Crippen LogP contribution >= 0.6 is 0 Å². The summed E-state index contributed by atoms with van der Waals surface area (Å²) in [5.41, 5.74) is 3.27. The van der Waals surface area contributed by atoms with E-state index in [2.05, 4.69) is 31.1 Å². The Balaban J connectivity index is 2.51. The molecule has 0 unspecified atom stereocenters. The minimum atomic E-state index is -3.78. The average molecular weight is 388 g/mol. The highest BCUT2D eigenvalue weighted by atomic mass is 32.2. The van der Waals surface area contributed by atoms with E-state index in [9.17, 15) is 13.2 Å². The topological polar surface area (TPSA) is 54.5 Å². The van der Waals surface area contributed by atoms with Gasteiger partial charge in [-0.25, -0.2) is 8.42 Å². The first-order valence-electron chi connectivity index (χ1n) is 8.46. The van der Waals surface area contributed by atoms with Gasteiger partial charge in [0.2, 0.25) is 10.0 Å². The van der Waals surface area contributed by atoms with E-state index in [0.29, 0.717) is 0 Å². The quantitative estimate of drug-likeness (QED) is 0.588. The lowest BCUT2D eigenvalue weighted by Crippen LogP contribution is -2.48. The molecule has 1 aliphatic rings. The predicted molar refractivity (Wildman–Crippen MR) is 108 cm³/mol. The smallest absolute Gasteiger partial charge is 0.245 e. The Morgan fingerprint density at radius 3 is 2.12 bits per heavy atom. The van der Waals surface area contributed by atoms with Crippen LogP contribution in [0.2, 0.25) is 19.6 Å². The zero-order valence-corrected chi connectivity index (χ0v) is 17.7. The Morgan fingerprint density at radius 2 is 1.62 bits per heavy atom. The molecule has 0 saturated heterocycles. The lowest BCUT2D eigenvalue weighted by molar-refractivity contribution is -0.110. The third kappa shape index (κ3) is 4.82. The summed E-state index contributed by atoms with van der Waals surface area (Å²) in [5, 5.41) is 0. The highest BCUT2D eigenvalue weighted by molar-refractivity contribution is 7.89. The van der Waals surface area contributed by atoms with Gasteiger partial charge in [-0.3, -0.25) is 4.79 Å². The number of sulfonamides is 1. The summed E-state index contributed by atoms with van der Waals surface area (Å²) < 4.78 is 28.0. The number of hydrogen-bond acceptors (Lipinski definition) is 3. The van der Waals surface area contributed by atoms with Crippen LogP contribution < -0.4 is 0 Å². The third-order valence-electron chi connectivity index (χ3n) is 4.00. The number of carbonyl (C=O) groups excluding carboxylic acids is 1. The maximum atomic E-state index is 13.3. The molecule has 0 heterocycles. The first-order valence-corrected chi connectivity index (χ1v) is 13.4. The summed E-state index contributed by atoms with van der Waals surface area (Å²) in [7, 11) is -5.41. The maximum absolute atomic E-state index is 13.3. The highest BCUT2D eigenvalue weighted by Gasteiger charge is 2.38. The fraction of sp³-hybridized carbons (Fsp3) is 0.350. The number of hydrogen-bond donors (Lipinski definition) is 0. The van der Waals surface area contributed by atoms with E-state index in [4.69, 9.17) is 0 Å². The summed E-state index contributed by atoms with van der Waals surface area (Å²) in [5.74, 6) is 2.90. The molecule has 1 aliphatic carbocycles. The first-order chi connectivity index (χ1) is 11.9. The third-order valence-corrected chi connectivity index (χ3v) is 6.90. The molecular weight excluding hydrogens is 362 g/mol. The van der Waals surface area contributed by atoms with Gasteiger partial charge in [-0.15, -0.1) is 5.54 Å². The van der Waals surface area contributed by atoms with E-state index in [1.165, 1.54) is 16.5 Å². The van der Waals surface area contributed by atoms with Crippen LogP contribution in [0.1, 0.15) is 12.5 Å². The van der Waals surface area contributed by atoms with Gasteiger partial charge in [0.1, 0.15) is 8.07 Å². The fourth-order valence-electron chi connectivity index (χ4n) is 2.51. The Labute approximate surface area is 157 Å². The number of allylic oxidation sites excluding steroid dienone is 2. The second-order valence-electron chi connectivity index (χ2n) is 7.67. The van der Waals surface area contributed by atoms with Crippen LogP contribution in [0, 0.1) is 18.4 Å². The van der Waals surface area contributed by atoms with Crippen molar-refractivity contribution in [2.75, 3.05) is 6.54 Å². The first kappa shape index (κ1) is 20.4. The second kappa shape index (κ2) is 7.35. The average Bonchev–Trinajstić information content (AvgIpc) is 2.54. The summed E-state index contributed by atoms with van der Waals surface area (Å²) in [6.07, 6.45) is 6.06. The largest absolute Gasteiger partial charge is 0.290 e. The molecule has 0 fully saturated rings. The molecule has 0 amide bonds. The Morgan fingerprint density at radius 1 is 1.08 bits per heavy atom. The molecule has 0 aromatic heterocycles. The summed E-state index contributed by atoms with van der Waals surface area (Å²) in [6.45, 7) is 10.1. The zero-order chi connectivity index (χ0) is 19.6. The van der Waals surface area contributed by atoms with Crippen LogP contribution in [0.3, 0.4) is 0 Å². The molecule has 26 heavy (non-hydrogen) atoms. The molecule has 0 atom stereocenters. The molecule has 0 saturated carbocycles. The normalized spacial score (nSPS) is 16.5. The van der Waals surface area contributed by atoms with Gasteiger partial charge in [-0.2, -0.15) is 4.31 Å². The van der Waals surface area contributed by atoms with Gasteiger partial charge >= 0.3 is 0 Å². The van der Waals surface area contributed by atoms with Gasteiger partial charge < -0.3 is 0 Å². The molecule has 1 aromatic carbocycles. The van der Waals surface area contributed by atoms with E-state index in [1.54, 1.807) is 43.3 Å². The SMILES string of the molecule is Cc1ccc(S(=O)(=O)N(CC#C[Si](C)(C)C)C2(C)C=CC(=O)C=C2)cc1. The van der Waals surface area contributed by atoms with Crippen molar-refractivity contribution in [3.63, 3.8) is 0 Å². The lowest BCUT2D eigenvalue weighted by atomic mass is 9.96. The molecule has 0 bridgehead atoms. The number of nitrogens with zero attached hydrogens (tertiary/aromatic N) is 1. The van der Waals surface area contributed by atoms with Crippen LogP contribution in [0.15, 0.2) is 53.5 Å². The molecule has 138 valence electrons. The Hall–Kier alpha value is -1.94. The van der Waals surface area contributed by atoms with Crippen molar-refractivity contribution >= 4 is 23.9 Å². The molecule has 1 aromatic rings. The number of ketones is 1. The van der Waals surface area contributed by atoms with Gasteiger partial charge in [-0.1, -0.05) is 55.4 Å². The monoisotopic (exact) mass is 387 g/mol. The maximum Gasteiger partial charge on any atom is 0.245 e. The number of carbonyl (C=O) groups is 1. The lowest BCUT2D eigenvalue weighted by Gasteiger charge is -2.35. The fourth-order valence-corrected chi connectivity index (χ4v) is 4.73. The number of rotatable bonds is 4. The van der Waals surface area contributed by atoms with E-state index < -0.39 is 23.6 Å². The molecule has 0 aliphatic heterocycles. The van der Waals surface area contributed by atoms with Gasteiger partial charge in [0, 0.05) is 0 Å². The van der Waals surface area contributed by atoms with Gasteiger partial charge in [0.25, 0.3) is 0 Å². The summed E-state index contributed by atoms with van der Waals surface area (Å²) in [6, 6.07) is 6.76.